The molecule has 1 aliphatic carbocycles. The van der Waals surface area contributed by atoms with Crippen LogP contribution in [0.1, 0.15) is 24.3 Å². The summed E-state index contributed by atoms with van der Waals surface area (Å²) in [6.45, 7) is 3.19. The number of carbonyl (C=O) groups is 1. The van der Waals surface area contributed by atoms with Crippen molar-refractivity contribution in [3.63, 3.8) is 0 Å². The van der Waals surface area contributed by atoms with Crippen LogP contribution in [0.15, 0.2) is 11.6 Å². The maximum atomic E-state index is 12.3. The number of ether oxygens (including phenoxy) is 2. The summed E-state index contributed by atoms with van der Waals surface area (Å²) in [5.74, 6) is 0.347. The van der Waals surface area contributed by atoms with Crippen LogP contribution >= 0.6 is 11.3 Å². The molecule has 2 heterocycles. The molecule has 2 fully saturated rings. The highest BCUT2D eigenvalue weighted by Crippen LogP contribution is 2.41. The fourth-order valence-electron chi connectivity index (χ4n) is 3.61. The third-order valence-electron chi connectivity index (χ3n) is 4.79. The van der Waals surface area contributed by atoms with Crippen molar-refractivity contribution in [1.29, 1.82) is 0 Å². The van der Waals surface area contributed by atoms with Crippen molar-refractivity contribution < 1.29 is 14.3 Å². The molecule has 1 saturated carbocycles. The molecule has 1 aromatic rings. The van der Waals surface area contributed by atoms with Gasteiger partial charge in [0.1, 0.15) is 5.01 Å². The van der Waals surface area contributed by atoms with Crippen LogP contribution in [0.4, 0.5) is 4.79 Å². The molecule has 0 radical (unpaired) electrons. The minimum Gasteiger partial charge on any atom is -0.374 e. The van der Waals surface area contributed by atoms with Gasteiger partial charge >= 0.3 is 6.03 Å². The van der Waals surface area contributed by atoms with Crippen molar-refractivity contribution in [2.24, 2.45) is 5.92 Å². The quantitative estimate of drug-likeness (QED) is 0.844. The first-order valence-corrected chi connectivity index (χ1v) is 9.05. The Bertz CT molecular complexity index is 523. The Labute approximate surface area is 141 Å². The molecular formula is C16H25N3O3S. The second-order valence-electron chi connectivity index (χ2n) is 6.54. The van der Waals surface area contributed by atoms with E-state index >= 15 is 0 Å². The van der Waals surface area contributed by atoms with E-state index in [4.69, 9.17) is 9.47 Å². The fourth-order valence-corrected chi connectivity index (χ4v) is 4.17. The summed E-state index contributed by atoms with van der Waals surface area (Å²) >= 11 is 1.61. The van der Waals surface area contributed by atoms with Gasteiger partial charge in [-0.3, -0.25) is 0 Å². The van der Waals surface area contributed by atoms with Crippen LogP contribution in [-0.4, -0.2) is 66.8 Å². The normalized spacial score (nSPS) is 27.6. The smallest absolute Gasteiger partial charge is 0.319 e. The lowest BCUT2D eigenvalue weighted by Crippen LogP contribution is -2.57. The number of hydrogen-bond acceptors (Lipinski definition) is 5. The lowest BCUT2D eigenvalue weighted by atomic mass is 9.89. The van der Waals surface area contributed by atoms with Crippen molar-refractivity contribution in [3.05, 3.63) is 16.6 Å². The average molecular weight is 339 g/mol. The summed E-state index contributed by atoms with van der Waals surface area (Å²) in [5.41, 5.74) is -0.229. The molecule has 0 aromatic carbocycles. The van der Waals surface area contributed by atoms with E-state index < -0.39 is 0 Å². The second kappa shape index (κ2) is 7.15. The minimum atomic E-state index is -0.229. The predicted molar refractivity (Wildman–Crippen MR) is 88.5 cm³/mol. The van der Waals surface area contributed by atoms with E-state index in [0.29, 0.717) is 38.8 Å². The fraction of sp³-hybridized carbons (Fsp3) is 0.750. The van der Waals surface area contributed by atoms with Gasteiger partial charge in [0.15, 0.2) is 0 Å². The Morgan fingerprint density at radius 2 is 2.48 bits per heavy atom. The number of carbonyl (C=O) groups excluding carboxylic acids is 1. The zero-order valence-electron chi connectivity index (χ0n) is 13.9. The monoisotopic (exact) mass is 339 g/mol. The molecular weight excluding hydrogens is 314 g/mol. The van der Waals surface area contributed by atoms with Gasteiger partial charge in [-0.25, -0.2) is 9.78 Å². The zero-order chi connectivity index (χ0) is 16.3. The van der Waals surface area contributed by atoms with Gasteiger partial charge in [-0.2, -0.15) is 0 Å². The maximum Gasteiger partial charge on any atom is 0.319 e. The highest BCUT2D eigenvalue weighted by Gasteiger charge is 2.48. The van der Waals surface area contributed by atoms with E-state index in [1.165, 1.54) is 0 Å². The Morgan fingerprint density at radius 1 is 1.61 bits per heavy atom. The van der Waals surface area contributed by atoms with Crippen LogP contribution in [0.25, 0.3) is 0 Å². The van der Waals surface area contributed by atoms with E-state index in [1.807, 2.05) is 10.3 Å². The summed E-state index contributed by atoms with van der Waals surface area (Å²) in [4.78, 5) is 20.1. The van der Waals surface area contributed by atoms with E-state index in [-0.39, 0.29) is 11.6 Å². The Morgan fingerprint density at radius 3 is 3.22 bits per heavy atom. The number of amides is 2. The number of hydrogen-bond donors (Lipinski definition) is 0. The van der Waals surface area contributed by atoms with Crippen molar-refractivity contribution in [1.82, 2.24) is 14.8 Å². The van der Waals surface area contributed by atoms with Crippen LogP contribution in [0.3, 0.4) is 0 Å². The molecule has 0 bridgehead atoms. The molecule has 1 saturated heterocycles. The van der Waals surface area contributed by atoms with Crippen LogP contribution in [0.2, 0.25) is 0 Å². The first kappa shape index (κ1) is 16.7. The molecule has 1 aliphatic heterocycles. The van der Waals surface area contributed by atoms with Crippen molar-refractivity contribution in [2.45, 2.75) is 31.5 Å². The highest BCUT2D eigenvalue weighted by atomic mass is 32.1. The minimum absolute atomic E-state index is 0.0713. The number of urea groups is 1. The lowest BCUT2D eigenvalue weighted by Gasteiger charge is -2.44. The third kappa shape index (κ3) is 3.67. The van der Waals surface area contributed by atoms with Gasteiger partial charge in [0, 0.05) is 38.1 Å². The SMILES string of the molecule is CN(C)C(=O)N1CCO[C@]2(CCC[C@H]2COCc2nccs2)C1. The molecule has 23 heavy (non-hydrogen) atoms. The molecule has 2 amide bonds. The van der Waals surface area contributed by atoms with Gasteiger partial charge in [0.25, 0.3) is 0 Å². The van der Waals surface area contributed by atoms with Gasteiger partial charge in [-0.15, -0.1) is 11.3 Å². The molecule has 2 atom stereocenters. The number of rotatable bonds is 4. The standard InChI is InChI=1S/C16H25N3O3S/c1-18(2)15(20)19-7-8-22-16(12-19)5-3-4-13(16)10-21-11-14-17-6-9-23-14/h6,9,13H,3-5,7-8,10-12H2,1-2H3/t13-,16+/m0/s1. The molecule has 3 rings (SSSR count). The highest BCUT2D eigenvalue weighted by molar-refractivity contribution is 7.09. The molecule has 0 N–H and O–H groups in total. The Kier molecular flexibility index (Phi) is 5.18. The largest absolute Gasteiger partial charge is 0.374 e. The number of thiazole rings is 1. The van der Waals surface area contributed by atoms with Crippen LogP contribution in [0.5, 0.6) is 0 Å². The van der Waals surface area contributed by atoms with E-state index in [9.17, 15) is 4.79 Å². The lowest BCUT2D eigenvalue weighted by molar-refractivity contribution is -0.134. The first-order valence-electron chi connectivity index (χ1n) is 8.17. The number of aromatic nitrogens is 1. The third-order valence-corrected chi connectivity index (χ3v) is 5.54. The van der Waals surface area contributed by atoms with E-state index in [1.54, 1.807) is 36.5 Å². The van der Waals surface area contributed by atoms with Gasteiger partial charge in [0.2, 0.25) is 0 Å². The number of nitrogens with zero attached hydrogens (tertiary/aromatic N) is 3. The predicted octanol–water partition coefficient (Wildman–Crippen LogP) is 2.21. The molecule has 7 heteroatoms. The van der Waals surface area contributed by atoms with Crippen LogP contribution in [-0.2, 0) is 16.1 Å². The van der Waals surface area contributed by atoms with Crippen molar-refractivity contribution in [2.75, 3.05) is 40.4 Å². The second-order valence-corrected chi connectivity index (χ2v) is 7.52. The molecule has 2 aliphatic rings. The van der Waals surface area contributed by atoms with Gasteiger partial charge in [-0.05, 0) is 12.8 Å². The first-order chi connectivity index (χ1) is 11.1. The molecule has 1 spiro atoms. The summed E-state index contributed by atoms with van der Waals surface area (Å²) in [6, 6.07) is 0.0713. The van der Waals surface area contributed by atoms with E-state index in [2.05, 4.69) is 4.98 Å². The topological polar surface area (TPSA) is 54.9 Å². The summed E-state index contributed by atoms with van der Waals surface area (Å²) < 4.78 is 12.1. The molecule has 6 nitrogen and oxygen atoms in total. The van der Waals surface area contributed by atoms with Crippen molar-refractivity contribution in [3.8, 4) is 0 Å². The molecule has 128 valence electrons. The zero-order valence-corrected chi connectivity index (χ0v) is 14.7. The molecule has 0 unspecified atom stereocenters. The van der Waals surface area contributed by atoms with Crippen molar-refractivity contribution >= 4 is 17.4 Å². The van der Waals surface area contributed by atoms with Crippen LogP contribution in [0, 0.1) is 5.92 Å². The van der Waals surface area contributed by atoms with E-state index in [0.717, 1.165) is 24.3 Å². The Hall–Kier alpha value is -1.18. The maximum absolute atomic E-state index is 12.3. The summed E-state index contributed by atoms with van der Waals surface area (Å²) in [6.07, 6.45) is 5.04. The molecule has 1 aromatic heterocycles. The summed E-state index contributed by atoms with van der Waals surface area (Å²) in [7, 11) is 3.60. The van der Waals surface area contributed by atoms with Gasteiger partial charge < -0.3 is 19.3 Å². The average Bonchev–Trinajstić information content (AvgIpc) is 3.18. The van der Waals surface area contributed by atoms with Gasteiger partial charge in [0.05, 0.1) is 32.0 Å². The van der Waals surface area contributed by atoms with Gasteiger partial charge in [-0.1, -0.05) is 6.42 Å². The Balaban J connectivity index is 1.59. The van der Waals surface area contributed by atoms with Crippen LogP contribution < -0.4 is 0 Å². The number of morpholine rings is 1. The summed E-state index contributed by atoms with van der Waals surface area (Å²) in [5, 5.41) is 2.97.